The molecule has 0 spiro atoms. The van der Waals surface area contributed by atoms with E-state index in [0.29, 0.717) is 5.56 Å². The number of β-amino-alcohol motifs (C(OH)–C–C–N with tert-alkyl or cyclic N) is 1. The first-order valence-electron chi connectivity index (χ1n) is 7.19. The summed E-state index contributed by atoms with van der Waals surface area (Å²) in [7, 11) is 0. The van der Waals surface area contributed by atoms with Crippen LogP contribution in [0.4, 0.5) is 19.3 Å². The van der Waals surface area contributed by atoms with Crippen molar-refractivity contribution in [1.82, 2.24) is 0 Å². The van der Waals surface area contributed by atoms with E-state index < -0.39 is 23.8 Å². The second-order valence-electron chi connectivity index (χ2n) is 5.38. The third-order valence-electron chi connectivity index (χ3n) is 3.70. The molecular formula is C17H15F2NO3. The zero-order chi connectivity index (χ0) is 16.4. The molecular weight excluding hydrogens is 304 g/mol. The Labute approximate surface area is 131 Å². The first-order chi connectivity index (χ1) is 11.1. The molecule has 1 unspecified atom stereocenters. The molecule has 0 fully saturated rings. The van der Waals surface area contributed by atoms with Crippen molar-refractivity contribution in [3.8, 4) is 0 Å². The minimum absolute atomic E-state index is 0.0124. The van der Waals surface area contributed by atoms with Crippen LogP contribution in [0, 0.1) is 11.6 Å². The monoisotopic (exact) mass is 319 g/mol. The lowest BCUT2D eigenvalue weighted by Gasteiger charge is -2.32. The number of carbonyl (C=O) groups excluding carboxylic acids is 1. The van der Waals surface area contributed by atoms with E-state index in [1.807, 2.05) is 6.07 Å². The molecule has 4 nitrogen and oxygen atoms in total. The molecule has 1 atom stereocenters. The number of carbonyl (C=O) groups is 1. The average molecular weight is 319 g/mol. The molecule has 0 saturated heterocycles. The smallest absolute Gasteiger partial charge is 0.414 e. The summed E-state index contributed by atoms with van der Waals surface area (Å²) in [6, 6.07) is 11.4. The molecule has 1 heterocycles. The number of rotatable bonds is 2. The second-order valence-corrected chi connectivity index (χ2v) is 5.38. The fraction of sp³-hybridized carbons (Fsp3) is 0.235. The molecule has 6 heteroatoms. The predicted octanol–water partition coefficient (Wildman–Crippen LogP) is 3.03. The highest BCUT2D eigenvalue weighted by Gasteiger charge is 2.32. The van der Waals surface area contributed by atoms with Gasteiger partial charge in [-0.05, 0) is 17.2 Å². The number of amides is 1. The molecule has 23 heavy (non-hydrogen) atoms. The summed E-state index contributed by atoms with van der Waals surface area (Å²) in [5, 5.41) is 9.86. The van der Waals surface area contributed by atoms with Gasteiger partial charge in [0.05, 0.1) is 18.3 Å². The average Bonchev–Trinajstić information content (AvgIpc) is 2.56. The number of ether oxygens (including phenoxy) is 1. The van der Waals surface area contributed by atoms with Gasteiger partial charge in [-0.3, -0.25) is 4.90 Å². The maximum absolute atomic E-state index is 14.1. The Kier molecular flexibility index (Phi) is 4.25. The maximum Gasteiger partial charge on any atom is 0.414 e. The number of fused-ring (bicyclic) bond motifs is 1. The van der Waals surface area contributed by atoms with Crippen LogP contribution >= 0.6 is 0 Å². The predicted molar refractivity (Wildman–Crippen MR) is 80.0 cm³/mol. The van der Waals surface area contributed by atoms with Crippen molar-refractivity contribution in [2.75, 3.05) is 11.4 Å². The fourth-order valence-electron chi connectivity index (χ4n) is 2.62. The summed E-state index contributed by atoms with van der Waals surface area (Å²) in [6.07, 6.45) is -1.51. The van der Waals surface area contributed by atoms with Gasteiger partial charge in [-0.25, -0.2) is 13.6 Å². The molecule has 0 radical (unpaired) electrons. The number of aliphatic hydroxyl groups is 1. The third-order valence-corrected chi connectivity index (χ3v) is 3.70. The Balaban J connectivity index is 1.82. The number of hydrogen-bond donors (Lipinski definition) is 1. The van der Waals surface area contributed by atoms with Crippen LogP contribution in [0.3, 0.4) is 0 Å². The molecule has 1 aliphatic heterocycles. The quantitative estimate of drug-likeness (QED) is 0.926. The Morgan fingerprint density at radius 1 is 1.22 bits per heavy atom. The van der Waals surface area contributed by atoms with Crippen LogP contribution in [0.5, 0.6) is 0 Å². The van der Waals surface area contributed by atoms with E-state index in [1.165, 1.54) is 6.07 Å². The number of benzene rings is 2. The minimum atomic E-state index is -1.11. The number of hydrogen-bond acceptors (Lipinski definition) is 3. The molecule has 1 N–H and O–H groups in total. The Morgan fingerprint density at radius 3 is 2.70 bits per heavy atom. The van der Waals surface area contributed by atoms with Gasteiger partial charge in [-0.1, -0.05) is 36.4 Å². The van der Waals surface area contributed by atoms with E-state index in [4.69, 9.17) is 4.74 Å². The van der Waals surface area contributed by atoms with Crippen molar-refractivity contribution in [1.29, 1.82) is 0 Å². The van der Waals surface area contributed by atoms with Gasteiger partial charge >= 0.3 is 6.09 Å². The van der Waals surface area contributed by atoms with E-state index in [9.17, 15) is 18.7 Å². The SMILES string of the molecule is O=C(OCc1ccccc1)N1CC(O)Cc2ccc(F)c(F)c21. The van der Waals surface area contributed by atoms with Gasteiger partial charge in [0.25, 0.3) is 0 Å². The standard InChI is InChI=1S/C17H15F2NO3/c18-14-7-6-12-8-13(21)9-20(16(12)15(14)19)17(22)23-10-11-4-2-1-3-5-11/h1-7,13,21H,8-10H2. The molecule has 0 bridgehead atoms. The summed E-state index contributed by atoms with van der Waals surface area (Å²) in [5.41, 5.74) is 0.992. The van der Waals surface area contributed by atoms with Crippen molar-refractivity contribution < 1.29 is 23.4 Å². The highest BCUT2D eigenvalue weighted by atomic mass is 19.2. The van der Waals surface area contributed by atoms with E-state index in [-0.39, 0.29) is 25.3 Å². The zero-order valence-corrected chi connectivity index (χ0v) is 12.2. The Hall–Kier alpha value is -2.47. The van der Waals surface area contributed by atoms with Crippen LogP contribution in [-0.2, 0) is 17.8 Å². The molecule has 1 aliphatic rings. The van der Waals surface area contributed by atoms with Crippen LogP contribution in [0.25, 0.3) is 0 Å². The fourth-order valence-corrected chi connectivity index (χ4v) is 2.62. The van der Waals surface area contributed by atoms with Crippen molar-refractivity contribution in [3.05, 3.63) is 65.2 Å². The van der Waals surface area contributed by atoms with Gasteiger partial charge in [0.15, 0.2) is 11.6 Å². The highest BCUT2D eigenvalue weighted by Crippen LogP contribution is 2.32. The highest BCUT2D eigenvalue weighted by molar-refractivity contribution is 5.89. The molecule has 2 aromatic carbocycles. The largest absolute Gasteiger partial charge is 0.444 e. The summed E-state index contributed by atoms with van der Waals surface area (Å²) >= 11 is 0. The lowest BCUT2D eigenvalue weighted by molar-refractivity contribution is 0.133. The van der Waals surface area contributed by atoms with Gasteiger partial charge in [-0.15, -0.1) is 0 Å². The van der Waals surface area contributed by atoms with Gasteiger partial charge in [0.2, 0.25) is 0 Å². The van der Waals surface area contributed by atoms with Crippen LogP contribution in [-0.4, -0.2) is 23.8 Å². The van der Waals surface area contributed by atoms with Crippen LogP contribution in [0.1, 0.15) is 11.1 Å². The second kappa shape index (κ2) is 6.34. The Bertz CT molecular complexity index is 721. The van der Waals surface area contributed by atoms with E-state index in [0.717, 1.165) is 16.5 Å². The maximum atomic E-state index is 14.1. The lowest BCUT2D eigenvalue weighted by atomic mass is 9.99. The Morgan fingerprint density at radius 2 is 1.96 bits per heavy atom. The zero-order valence-electron chi connectivity index (χ0n) is 12.2. The molecule has 3 rings (SSSR count). The van der Waals surface area contributed by atoms with Crippen LogP contribution in [0.2, 0.25) is 0 Å². The molecule has 0 aromatic heterocycles. The number of nitrogens with zero attached hydrogens (tertiary/aromatic N) is 1. The van der Waals surface area contributed by atoms with Gasteiger partial charge in [0, 0.05) is 6.42 Å². The molecule has 0 aliphatic carbocycles. The molecule has 0 saturated carbocycles. The van der Waals surface area contributed by atoms with E-state index in [2.05, 4.69) is 0 Å². The van der Waals surface area contributed by atoms with Crippen molar-refractivity contribution in [3.63, 3.8) is 0 Å². The van der Waals surface area contributed by atoms with E-state index >= 15 is 0 Å². The normalized spacial score (nSPS) is 16.8. The number of anilines is 1. The van der Waals surface area contributed by atoms with Gasteiger partial charge < -0.3 is 9.84 Å². The number of aliphatic hydroxyl groups excluding tert-OH is 1. The van der Waals surface area contributed by atoms with E-state index in [1.54, 1.807) is 24.3 Å². The molecule has 2 aromatic rings. The summed E-state index contributed by atoms with van der Waals surface area (Å²) in [5.74, 6) is -2.15. The van der Waals surface area contributed by atoms with Crippen molar-refractivity contribution >= 4 is 11.8 Å². The summed E-state index contributed by atoms with van der Waals surface area (Å²) < 4.78 is 32.7. The summed E-state index contributed by atoms with van der Waals surface area (Å²) in [6.45, 7) is -0.125. The van der Waals surface area contributed by atoms with Crippen LogP contribution in [0.15, 0.2) is 42.5 Å². The van der Waals surface area contributed by atoms with Crippen molar-refractivity contribution in [2.45, 2.75) is 19.1 Å². The number of halogens is 2. The van der Waals surface area contributed by atoms with Gasteiger partial charge in [-0.2, -0.15) is 0 Å². The summed E-state index contributed by atoms with van der Waals surface area (Å²) in [4.78, 5) is 13.2. The molecule has 120 valence electrons. The first-order valence-corrected chi connectivity index (χ1v) is 7.19. The lowest BCUT2D eigenvalue weighted by Crippen LogP contribution is -2.43. The first kappa shape index (κ1) is 15.4. The van der Waals surface area contributed by atoms with Crippen LogP contribution < -0.4 is 4.90 Å². The topological polar surface area (TPSA) is 49.8 Å². The van der Waals surface area contributed by atoms with Crippen molar-refractivity contribution in [2.24, 2.45) is 0 Å². The molecule has 1 amide bonds. The third kappa shape index (κ3) is 3.17. The van der Waals surface area contributed by atoms with Gasteiger partial charge in [0.1, 0.15) is 6.61 Å². The minimum Gasteiger partial charge on any atom is -0.444 e.